The smallest absolute Gasteiger partial charge is 0.249 e. The van der Waals surface area contributed by atoms with Gasteiger partial charge in [0.2, 0.25) is 5.91 Å². The van der Waals surface area contributed by atoms with E-state index in [1.807, 2.05) is 23.1 Å². The van der Waals surface area contributed by atoms with Crippen molar-refractivity contribution in [1.82, 2.24) is 10.2 Å². The minimum Gasteiger partial charge on any atom is -0.362 e. The maximum Gasteiger partial charge on any atom is 0.249 e. The van der Waals surface area contributed by atoms with Gasteiger partial charge in [0.05, 0.1) is 12.1 Å². The Hall–Kier alpha value is -1.39. The molecule has 0 saturated carbocycles. The number of nitrogens with zero attached hydrogens (tertiary/aromatic N) is 1. The lowest BCUT2D eigenvalue weighted by Crippen LogP contribution is -2.60. The van der Waals surface area contributed by atoms with Crippen LogP contribution in [0.1, 0.15) is 18.4 Å². The van der Waals surface area contributed by atoms with E-state index in [9.17, 15) is 4.79 Å². The van der Waals surface area contributed by atoms with Gasteiger partial charge in [-0.25, -0.2) is 0 Å². The lowest BCUT2D eigenvalue weighted by atomic mass is 9.91. The zero-order valence-corrected chi connectivity index (χ0v) is 11.1. The highest BCUT2D eigenvalue weighted by Crippen LogP contribution is 2.26. The van der Waals surface area contributed by atoms with Crippen molar-refractivity contribution in [1.29, 1.82) is 0 Å². The van der Waals surface area contributed by atoms with Gasteiger partial charge < -0.3 is 15.0 Å². The summed E-state index contributed by atoms with van der Waals surface area (Å²) in [7, 11) is 0. The molecule has 2 aliphatic heterocycles. The predicted octanol–water partition coefficient (Wildman–Crippen LogP) is 1.17. The standard InChI is InChI=1S/C15H20N2O2/c18-14-10-19-15(7-4-8-16-11-15)12-17(14)9-13-5-2-1-3-6-13/h1-3,5-6,16H,4,7-12H2. The number of hydrogen-bond donors (Lipinski definition) is 1. The van der Waals surface area contributed by atoms with Gasteiger partial charge in [0, 0.05) is 13.1 Å². The molecule has 3 rings (SSSR count). The zero-order chi connectivity index (χ0) is 13.1. The Morgan fingerprint density at radius 3 is 2.89 bits per heavy atom. The number of carbonyl (C=O) groups is 1. The Morgan fingerprint density at radius 1 is 1.32 bits per heavy atom. The Kier molecular flexibility index (Phi) is 3.53. The van der Waals surface area contributed by atoms with Crippen molar-refractivity contribution < 1.29 is 9.53 Å². The number of amides is 1. The average Bonchev–Trinajstić information content (AvgIpc) is 2.45. The van der Waals surface area contributed by atoms with E-state index in [0.717, 1.165) is 25.9 Å². The third-order valence-corrected chi connectivity index (χ3v) is 3.98. The van der Waals surface area contributed by atoms with Gasteiger partial charge in [-0.3, -0.25) is 4.79 Å². The fourth-order valence-corrected chi connectivity index (χ4v) is 2.93. The molecule has 1 unspecified atom stereocenters. The highest BCUT2D eigenvalue weighted by Gasteiger charge is 2.40. The first-order valence-electron chi connectivity index (χ1n) is 6.94. The van der Waals surface area contributed by atoms with Crippen LogP contribution in [0.4, 0.5) is 0 Å². The van der Waals surface area contributed by atoms with E-state index in [4.69, 9.17) is 4.74 Å². The maximum absolute atomic E-state index is 12.0. The highest BCUT2D eigenvalue weighted by atomic mass is 16.5. The van der Waals surface area contributed by atoms with Crippen molar-refractivity contribution in [2.24, 2.45) is 0 Å². The molecule has 2 aliphatic rings. The molecule has 19 heavy (non-hydrogen) atoms. The Balaban J connectivity index is 1.71. The Morgan fingerprint density at radius 2 is 2.16 bits per heavy atom. The molecule has 1 aromatic carbocycles. The van der Waals surface area contributed by atoms with Crippen LogP contribution in [-0.2, 0) is 16.1 Å². The van der Waals surface area contributed by atoms with Crippen molar-refractivity contribution in [3.05, 3.63) is 35.9 Å². The summed E-state index contributed by atoms with van der Waals surface area (Å²) in [6.45, 7) is 3.51. The Labute approximate surface area is 113 Å². The molecule has 1 amide bonds. The number of piperidine rings is 1. The summed E-state index contributed by atoms with van der Waals surface area (Å²) in [6.07, 6.45) is 2.16. The second kappa shape index (κ2) is 5.31. The first-order valence-corrected chi connectivity index (χ1v) is 6.94. The van der Waals surface area contributed by atoms with E-state index >= 15 is 0 Å². The van der Waals surface area contributed by atoms with Crippen molar-refractivity contribution in [2.75, 3.05) is 26.2 Å². The quantitative estimate of drug-likeness (QED) is 0.868. The largest absolute Gasteiger partial charge is 0.362 e. The van der Waals surface area contributed by atoms with Crippen LogP contribution in [-0.4, -0.2) is 42.6 Å². The lowest BCUT2D eigenvalue weighted by molar-refractivity contribution is -0.167. The van der Waals surface area contributed by atoms with Gasteiger partial charge >= 0.3 is 0 Å². The zero-order valence-electron chi connectivity index (χ0n) is 11.1. The summed E-state index contributed by atoms with van der Waals surface area (Å²) < 4.78 is 5.83. The van der Waals surface area contributed by atoms with Crippen molar-refractivity contribution in [3.8, 4) is 0 Å². The van der Waals surface area contributed by atoms with Crippen molar-refractivity contribution >= 4 is 5.91 Å². The molecule has 2 heterocycles. The average molecular weight is 260 g/mol. The van der Waals surface area contributed by atoms with E-state index in [0.29, 0.717) is 13.1 Å². The van der Waals surface area contributed by atoms with E-state index in [-0.39, 0.29) is 18.1 Å². The molecule has 1 aromatic rings. The first-order chi connectivity index (χ1) is 9.27. The summed E-state index contributed by atoms with van der Waals surface area (Å²) in [6, 6.07) is 10.1. The summed E-state index contributed by atoms with van der Waals surface area (Å²) in [5, 5.41) is 3.38. The number of morpholine rings is 1. The molecule has 1 N–H and O–H groups in total. The molecule has 2 fully saturated rings. The minimum atomic E-state index is -0.166. The second-order valence-electron chi connectivity index (χ2n) is 5.49. The molecule has 0 aromatic heterocycles. The van der Waals surface area contributed by atoms with Crippen LogP contribution in [0.3, 0.4) is 0 Å². The first kappa shape index (κ1) is 12.6. The van der Waals surface area contributed by atoms with Crippen LogP contribution < -0.4 is 5.32 Å². The highest BCUT2D eigenvalue weighted by molar-refractivity contribution is 5.78. The fourth-order valence-electron chi connectivity index (χ4n) is 2.93. The normalized spacial score (nSPS) is 27.8. The molecule has 0 aliphatic carbocycles. The molecule has 102 valence electrons. The molecule has 1 spiro atoms. The van der Waals surface area contributed by atoms with Crippen LogP contribution in [0.2, 0.25) is 0 Å². The number of benzene rings is 1. The van der Waals surface area contributed by atoms with Crippen molar-refractivity contribution in [2.45, 2.75) is 25.0 Å². The number of ether oxygens (including phenoxy) is 1. The number of hydrogen-bond acceptors (Lipinski definition) is 3. The van der Waals surface area contributed by atoms with E-state index in [1.54, 1.807) is 0 Å². The summed E-state index contributed by atoms with van der Waals surface area (Å²) in [5.41, 5.74) is 1.01. The van der Waals surface area contributed by atoms with Crippen LogP contribution in [0, 0.1) is 0 Å². The Bertz CT molecular complexity index is 441. The molecule has 4 heteroatoms. The van der Waals surface area contributed by atoms with Gasteiger partial charge in [0.15, 0.2) is 0 Å². The fraction of sp³-hybridized carbons (Fsp3) is 0.533. The monoisotopic (exact) mass is 260 g/mol. The third-order valence-electron chi connectivity index (χ3n) is 3.98. The van der Waals surface area contributed by atoms with Gasteiger partial charge in [-0.05, 0) is 24.9 Å². The SMILES string of the molecule is O=C1COC2(CCCNC2)CN1Cc1ccccc1. The molecular formula is C15H20N2O2. The number of carbonyl (C=O) groups excluding carboxylic acids is 1. The second-order valence-corrected chi connectivity index (χ2v) is 5.49. The molecule has 2 saturated heterocycles. The predicted molar refractivity (Wildman–Crippen MR) is 72.6 cm³/mol. The van der Waals surface area contributed by atoms with Gasteiger partial charge in [-0.2, -0.15) is 0 Å². The molecular weight excluding hydrogens is 240 g/mol. The molecule has 4 nitrogen and oxygen atoms in total. The van der Waals surface area contributed by atoms with Gasteiger partial charge in [0.1, 0.15) is 6.61 Å². The maximum atomic E-state index is 12.0. The third kappa shape index (κ3) is 2.80. The van der Waals surface area contributed by atoms with Crippen LogP contribution in [0.15, 0.2) is 30.3 Å². The topological polar surface area (TPSA) is 41.6 Å². The molecule has 1 atom stereocenters. The van der Waals surface area contributed by atoms with Crippen LogP contribution >= 0.6 is 0 Å². The van der Waals surface area contributed by atoms with Gasteiger partial charge in [0.25, 0.3) is 0 Å². The van der Waals surface area contributed by atoms with E-state index < -0.39 is 0 Å². The van der Waals surface area contributed by atoms with Crippen molar-refractivity contribution in [3.63, 3.8) is 0 Å². The minimum absolute atomic E-state index is 0.0973. The van der Waals surface area contributed by atoms with Crippen LogP contribution in [0.25, 0.3) is 0 Å². The van der Waals surface area contributed by atoms with E-state index in [2.05, 4.69) is 17.4 Å². The lowest BCUT2D eigenvalue weighted by Gasteiger charge is -2.44. The van der Waals surface area contributed by atoms with Crippen LogP contribution in [0.5, 0.6) is 0 Å². The number of nitrogens with one attached hydrogen (secondary N) is 1. The summed E-state index contributed by atoms with van der Waals surface area (Å²) in [4.78, 5) is 13.9. The number of rotatable bonds is 2. The molecule has 0 bridgehead atoms. The summed E-state index contributed by atoms with van der Waals surface area (Å²) >= 11 is 0. The van der Waals surface area contributed by atoms with E-state index in [1.165, 1.54) is 5.56 Å². The van der Waals surface area contributed by atoms with Gasteiger partial charge in [-0.15, -0.1) is 0 Å². The summed E-state index contributed by atoms with van der Waals surface area (Å²) in [5.74, 6) is 0.0973. The van der Waals surface area contributed by atoms with Gasteiger partial charge in [-0.1, -0.05) is 30.3 Å². The molecule has 0 radical (unpaired) electrons.